The molecule has 2 aromatic rings. The van der Waals surface area contributed by atoms with Gasteiger partial charge in [0.05, 0.1) is 24.7 Å². The predicted molar refractivity (Wildman–Crippen MR) is 131 cm³/mol. The Bertz CT molecular complexity index is 900. The molecule has 0 aliphatic carbocycles. The molecule has 34 heavy (non-hydrogen) atoms. The summed E-state index contributed by atoms with van der Waals surface area (Å²) in [7, 11) is 0. The van der Waals surface area contributed by atoms with E-state index in [9.17, 15) is 14.7 Å². The van der Waals surface area contributed by atoms with Crippen LogP contribution in [0.4, 0.5) is 4.79 Å². The van der Waals surface area contributed by atoms with Crippen molar-refractivity contribution in [3.8, 4) is 0 Å². The highest BCUT2D eigenvalue weighted by atomic mass is 16.6. The number of rotatable bonds is 6. The van der Waals surface area contributed by atoms with E-state index in [0.29, 0.717) is 39.3 Å². The Kier molecular flexibility index (Phi) is 8.19. The van der Waals surface area contributed by atoms with Gasteiger partial charge in [-0.05, 0) is 37.4 Å². The number of likely N-dealkylation sites (tertiary alicyclic amines) is 1. The van der Waals surface area contributed by atoms with Crippen LogP contribution in [0.15, 0.2) is 60.7 Å². The number of carbonyl (C=O) groups excluding carboxylic acids is 2. The van der Waals surface area contributed by atoms with Crippen molar-refractivity contribution >= 4 is 12.0 Å². The van der Waals surface area contributed by atoms with Gasteiger partial charge in [0.25, 0.3) is 0 Å². The first-order valence-corrected chi connectivity index (χ1v) is 12.3. The summed E-state index contributed by atoms with van der Waals surface area (Å²) >= 11 is 0. The number of aliphatic hydroxyl groups excluding tert-OH is 1. The molecule has 2 amide bonds. The quantitative estimate of drug-likeness (QED) is 0.710. The van der Waals surface area contributed by atoms with Gasteiger partial charge in [0.2, 0.25) is 5.91 Å². The van der Waals surface area contributed by atoms with Gasteiger partial charge in [-0.15, -0.1) is 0 Å². The third kappa shape index (κ3) is 5.77. The second-order valence-corrected chi connectivity index (χ2v) is 9.14. The minimum Gasteiger partial charge on any atom is -0.450 e. The third-order valence-electron chi connectivity index (χ3n) is 6.75. The van der Waals surface area contributed by atoms with E-state index < -0.39 is 5.92 Å². The van der Waals surface area contributed by atoms with Crippen LogP contribution in [0.3, 0.4) is 0 Å². The minimum absolute atomic E-state index is 0.0449. The lowest BCUT2D eigenvalue weighted by atomic mass is 9.89. The van der Waals surface area contributed by atoms with Crippen LogP contribution >= 0.6 is 0 Å². The van der Waals surface area contributed by atoms with Crippen molar-refractivity contribution in [3.63, 3.8) is 0 Å². The number of amides is 2. The maximum atomic E-state index is 14.1. The lowest BCUT2D eigenvalue weighted by Crippen LogP contribution is -2.61. The number of hydrogen-bond donors (Lipinski definition) is 1. The summed E-state index contributed by atoms with van der Waals surface area (Å²) in [5, 5.41) is 10.2. The fourth-order valence-electron chi connectivity index (χ4n) is 5.11. The zero-order chi connectivity index (χ0) is 23.9. The van der Waals surface area contributed by atoms with E-state index in [1.807, 2.05) is 65.6 Å². The summed E-state index contributed by atoms with van der Waals surface area (Å²) in [5.74, 6) is -0.366. The first-order valence-electron chi connectivity index (χ1n) is 12.3. The van der Waals surface area contributed by atoms with Crippen LogP contribution < -0.4 is 0 Å². The average molecular weight is 466 g/mol. The van der Waals surface area contributed by atoms with E-state index in [0.717, 1.165) is 30.5 Å². The van der Waals surface area contributed by atoms with Crippen LogP contribution in [0, 0.1) is 0 Å². The van der Waals surface area contributed by atoms with Crippen LogP contribution in [0.2, 0.25) is 0 Å². The number of aliphatic hydroxyl groups is 1. The van der Waals surface area contributed by atoms with E-state index in [1.54, 1.807) is 11.8 Å². The molecule has 2 aliphatic heterocycles. The Morgan fingerprint density at radius 1 is 0.971 bits per heavy atom. The largest absolute Gasteiger partial charge is 0.450 e. The summed E-state index contributed by atoms with van der Waals surface area (Å²) in [4.78, 5) is 32.5. The highest BCUT2D eigenvalue weighted by Crippen LogP contribution is 2.29. The maximum absolute atomic E-state index is 14.1. The molecule has 4 rings (SSSR count). The Labute approximate surface area is 201 Å². The van der Waals surface area contributed by atoms with Gasteiger partial charge in [-0.2, -0.15) is 0 Å². The molecule has 2 heterocycles. The van der Waals surface area contributed by atoms with E-state index in [2.05, 4.69) is 4.90 Å². The smallest absolute Gasteiger partial charge is 0.409 e. The second-order valence-electron chi connectivity index (χ2n) is 9.14. The summed E-state index contributed by atoms with van der Waals surface area (Å²) < 4.78 is 5.25. The van der Waals surface area contributed by atoms with Crippen LogP contribution in [0.25, 0.3) is 0 Å². The number of β-amino-alcohol motifs (C(OH)–C–C–N with tert-alkyl or cyclic N) is 1. The Balaban J connectivity index is 1.61. The average Bonchev–Trinajstić information content (AvgIpc) is 2.85. The van der Waals surface area contributed by atoms with Crippen molar-refractivity contribution in [1.29, 1.82) is 0 Å². The fraction of sp³-hybridized carbons (Fsp3) is 0.481. The predicted octanol–water partition coefficient (Wildman–Crippen LogP) is 2.94. The Hall–Kier alpha value is -2.90. The highest BCUT2D eigenvalue weighted by molar-refractivity contribution is 5.87. The molecule has 2 unspecified atom stereocenters. The first-order chi connectivity index (χ1) is 16.6. The number of carbonyl (C=O) groups is 2. The van der Waals surface area contributed by atoms with E-state index in [4.69, 9.17) is 4.74 Å². The molecular weight excluding hydrogens is 430 g/mol. The van der Waals surface area contributed by atoms with Gasteiger partial charge in [0.15, 0.2) is 0 Å². The van der Waals surface area contributed by atoms with Crippen molar-refractivity contribution in [2.75, 3.05) is 45.9 Å². The number of nitrogens with zero attached hydrogens (tertiary/aromatic N) is 3. The number of hydrogen-bond acceptors (Lipinski definition) is 5. The molecule has 0 radical (unpaired) electrons. The van der Waals surface area contributed by atoms with Crippen LogP contribution in [-0.4, -0.2) is 89.8 Å². The van der Waals surface area contributed by atoms with Crippen LogP contribution in [0.1, 0.15) is 36.8 Å². The van der Waals surface area contributed by atoms with Crippen molar-refractivity contribution in [2.45, 2.75) is 37.8 Å². The molecule has 182 valence electrons. The summed E-state index contributed by atoms with van der Waals surface area (Å²) in [6.07, 6.45) is 1.06. The van der Waals surface area contributed by atoms with Gasteiger partial charge in [-0.3, -0.25) is 9.69 Å². The van der Waals surface area contributed by atoms with Crippen molar-refractivity contribution in [3.05, 3.63) is 71.8 Å². The molecule has 2 aliphatic rings. The third-order valence-corrected chi connectivity index (χ3v) is 6.75. The van der Waals surface area contributed by atoms with Gasteiger partial charge in [-0.25, -0.2) is 4.79 Å². The van der Waals surface area contributed by atoms with E-state index in [-0.39, 0.29) is 24.1 Å². The molecule has 0 saturated carbocycles. The Morgan fingerprint density at radius 3 is 2.21 bits per heavy atom. The molecule has 2 atom stereocenters. The zero-order valence-corrected chi connectivity index (χ0v) is 19.9. The van der Waals surface area contributed by atoms with E-state index >= 15 is 0 Å². The summed E-state index contributed by atoms with van der Waals surface area (Å²) in [6, 6.07) is 19.6. The fourth-order valence-corrected chi connectivity index (χ4v) is 5.11. The van der Waals surface area contributed by atoms with Crippen LogP contribution in [0.5, 0.6) is 0 Å². The van der Waals surface area contributed by atoms with Crippen molar-refractivity contribution in [2.24, 2.45) is 0 Å². The number of piperazine rings is 1. The van der Waals surface area contributed by atoms with E-state index in [1.165, 1.54) is 0 Å². The molecular formula is C27H35N3O4. The van der Waals surface area contributed by atoms with Crippen LogP contribution in [-0.2, 0) is 9.53 Å². The molecule has 2 fully saturated rings. The minimum atomic E-state index is -0.411. The first kappa shape index (κ1) is 24.2. The number of piperidine rings is 1. The van der Waals surface area contributed by atoms with Crippen molar-refractivity contribution < 1.29 is 19.4 Å². The highest BCUT2D eigenvalue weighted by Gasteiger charge is 2.38. The molecule has 0 bridgehead atoms. The zero-order valence-electron chi connectivity index (χ0n) is 19.9. The van der Waals surface area contributed by atoms with Gasteiger partial charge >= 0.3 is 6.09 Å². The lowest BCUT2D eigenvalue weighted by Gasteiger charge is -2.44. The molecule has 1 N–H and O–H groups in total. The summed E-state index contributed by atoms with van der Waals surface area (Å²) in [6.45, 7) is 5.55. The topological polar surface area (TPSA) is 73.3 Å². The Morgan fingerprint density at radius 2 is 1.62 bits per heavy atom. The SMILES string of the molecule is CCOC(=O)N1CCN(C(=O)C(c2ccccc2)c2ccccc2)C(CN2CCCC(O)C2)C1. The summed E-state index contributed by atoms with van der Waals surface area (Å²) in [5.41, 5.74) is 1.91. The van der Waals surface area contributed by atoms with Crippen molar-refractivity contribution in [1.82, 2.24) is 14.7 Å². The maximum Gasteiger partial charge on any atom is 0.409 e. The van der Waals surface area contributed by atoms with Gasteiger partial charge in [-0.1, -0.05) is 60.7 Å². The molecule has 2 saturated heterocycles. The standard InChI is InChI=1S/C27H35N3O4/c1-2-34-27(33)29-16-17-30(23(19-29)18-28-15-9-14-24(31)20-28)26(32)25(21-10-5-3-6-11-21)22-12-7-4-8-13-22/h3-8,10-13,23-25,31H,2,9,14-20H2,1H3. The van der Waals surface area contributed by atoms with Gasteiger partial charge in [0.1, 0.15) is 0 Å². The molecule has 0 spiro atoms. The molecule has 2 aromatic carbocycles. The van der Waals surface area contributed by atoms with Gasteiger partial charge in [0, 0.05) is 32.7 Å². The number of benzene rings is 2. The number of ether oxygens (including phenoxy) is 1. The monoisotopic (exact) mass is 465 g/mol. The molecule has 7 nitrogen and oxygen atoms in total. The molecule has 0 aromatic heterocycles. The lowest BCUT2D eigenvalue weighted by molar-refractivity contribution is -0.137. The second kappa shape index (κ2) is 11.5. The van der Waals surface area contributed by atoms with Gasteiger partial charge < -0.3 is 19.6 Å². The molecule has 7 heteroatoms. The normalized spacial score (nSPS) is 21.5.